The molecule has 0 aliphatic heterocycles. The molecule has 0 heterocycles. The number of ketones is 1. The number of Topliss-reactive ketones (excluding diaryl/α,β-unsaturated/α-hetero) is 1. The van der Waals surface area contributed by atoms with Crippen molar-refractivity contribution in [3.8, 4) is 0 Å². The van der Waals surface area contributed by atoms with Crippen molar-refractivity contribution in [1.29, 1.82) is 0 Å². The molecular weight excluding hydrogens is 376 g/mol. The van der Waals surface area contributed by atoms with Crippen LogP contribution in [0.5, 0.6) is 0 Å². The van der Waals surface area contributed by atoms with Crippen LogP contribution in [0.25, 0.3) is 6.08 Å². The molecule has 2 aromatic carbocycles. The lowest BCUT2D eigenvalue weighted by atomic mass is 9.84. The molecule has 0 spiro atoms. The van der Waals surface area contributed by atoms with Crippen molar-refractivity contribution in [2.75, 3.05) is 5.43 Å². The molecule has 1 atom stereocenters. The van der Waals surface area contributed by atoms with Crippen LogP contribution >= 0.6 is 0 Å². The highest BCUT2D eigenvalue weighted by Crippen LogP contribution is 2.29. The van der Waals surface area contributed by atoms with E-state index in [2.05, 4.69) is 10.5 Å². The largest absolute Gasteiger partial charge is 0.301 e. The Labute approximate surface area is 166 Å². The van der Waals surface area contributed by atoms with Crippen molar-refractivity contribution < 1.29 is 14.6 Å². The molecule has 9 nitrogen and oxygen atoms in total. The summed E-state index contributed by atoms with van der Waals surface area (Å²) < 4.78 is 0. The highest BCUT2D eigenvalue weighted by molar-refractivity contribution is 6.09. The van der Waals surface area contributed by atoms with E-state index in [1.165, 1.54) is 12.3 Å². The summed E-state index contributed by atoms with van der Waals surface area (Å²) in [6.45, 7) is 0. The van der Waals surface area contributed by atoms with Crippen molar-refractivity contribution in [2.45, 2.75) is 19.3 Å². The minimum atomic E-state index is -0.725. The summed E-state index contributed by atoms with van der Waals surface area (Å²) in [6, 6.07) is 12.8. The average molecular weight is 394 g/mol. The zero-order valence-corrected chi connectivity index (χ0v) is 15.4. The Hall–Kier alpha value is -3.88. The maximum atomic E-state index is 12.7. The van der Waals surface area contributed by atoms with E-state index in [1.807, 2.05) is 36.4 Å². The smallest absolute Gasteiger partial charge is 0.294 e. The number of hydrogen-bond acceptors (Lipinski definition) is 7. The van der Waals surface area contributed by atoms with Crippen LogP contribution < -0.4 is 5.43 Å². The number of hydrazone groups is 1. The summed E-state index contributed by atoms with van der Waals surface area (Å²) >= 11 is 0. The summed E-state index contributed by atoms with van der Waals surface area (Å²) in [4.78, 5) is 33.2. The van der Waals surface area contributed by atoms with Gasteiger partial charge in [-0.1, -0.05) is 30.3 Å². The van der Waals surface area contributed by atoms with Crippen LogP contribution in [-0.2, 0) is 4.79 Å². The fraction of sp³-hybridized carbons (Fsp3) is 0.200. The van der Waals surface area contributed by atoms with Crippen molar-refractivity contribution in [2.24, 2.45) is 11.0 Å². The maximum Gasteiger partial charge on any atom is 0.301 e. The van der Waals surface area contributed by atoms with E-state index in [9.17, 15) is 25.0 Å². The number of carbonyl (C=O) groups excluding carboxylic acids is 1. The molecule has 2 aromatic rings. The Kier molecular flexibility index (Phi) is 6.08. The van der Waals surface area contributed by atoms with Crippen molar-refractivity contribution in [3.05, 3.63) is 79.9 Å². The van der Waals surface area contributed by atoms with Crippen LogP contribution in [0.3, 0.4) is 0 Å². The maximum absolute atomic E-state index is 12.7. The van der Waals surface area contributed by atoms with Gasteiger partial charge >= 0.3 is 5.69 Å². The summed E-state index contributed by atoms with van der Waals surface area (Å²) in [5, 5.41) is 25.9. The molecule has 1 saturated carbocycles. The molecule has 29 heavy (non-hydrogen) atoms. The Morgan fingerprint density at radius 2 is 1.83 bits per heavy atom. The Morgan fingerprint density at radius 1 is 1.07 bits per heavy atom. The monoisotopic (exact) mass is 394 g/mol. The van der Waals surface area contributed by atoms with Gasteiger partial charge < -0.3 is 0 Å². The van der Waals surface area contributed by atoms with E-state index in [4.69, 9.17) is 0 Å². The number of allylic oxidation sites excluding steroid dienone is 1. The quantitative estimate of drug-likeness (QED) is 0.336. The van der Waals surface area contributed by atoms with Crippen LogP contribution in [0, 0.1) is 26.1 Å². The van der Waals surface area contributed by atoms with Gasteiger partial charge in [0.05, 0.1) is 21.8 Å². The van der Waals surface area contributed by atoms with E-state index >= 15 is 0 Å². The number of benzene rings is 2. The van der Waals surface area contributed by atoms with Crippen molar-refractivity contribution in [3.63, 3.8) is 0 Å². The minimum absolute atomic E-state index is 0.0140. The predicted molar refractivity (Wildman–Crippen MR) is 109 cm³/mol. The highest BCUT2D eigenvalue weighted by atomic mass is 16.6. The topological polar surface area (TPSA) is 128 Å². The number of hydrogen-bond donors (Lipinski definition) is 1. The standard InChI is InChI=1S/C20H18N4O5/c25-20-15(11-14-5-2-1-3-6-14)7-4-8-16(20)13-21-22-18-10-9-17(23(26)27)12-19(18)24(28)29/h1-3,5-6,9-13,16,22H,4,7-8H2/b15-11+,21-13-/t16-/m0/s1. The lowest BCUT2D eigenvalue weighted by Crippen LogP contribution is -2.23. The highest BCUT2D eigenvalue weighted by Gasteiger charge is 2.25. The molecule has 1 aliphatic carbocycles. The molecule has 0 saturated heterocycles. The van der Waals surface area contributed by atoms with Crippen molar-refractivity contribution >= 4 is 35.1 Å². The fourth-order valence-electron chi connectivity index (χ4n) is 3.12. The average Bonchev–Trinajstić information content (AvgIpc) is 2.71. The van der Waals surface area contributed by atoms with Gasteiger partial charge in [-0.2, -0.15) is 5.10 Å². The molecule has 0 bridgehead atoms. The number of rotatable bonds is 6. The molecule has 148 valence electrons. The second-order valence-corrected chi connectivity index (χ2v) is 6.55. The number of nitro benzene ring substituents is 2. The van der Waals surface area contributed by atoms with E-state index in [0.717, 1.165) is 29.7 Å². The molecule has 0 amide bonds. The Morgan fingerprint density at radius 3 is 2.52 bits per heavy atom. The molecule has 0 aromatic heterocycles. The lowest BCUT2D eigenvalue weighted by molar-refractivity contribution is -0.393. The Balaban J connectivity index is 1.73. The van der Waals surface area contributed by atoms with Gasteiger partial charge in [0, 0.05) is 12.3 Å². The number of carbonyl (C=O) groups is 1. The van der Waals surface area contributed by atoms with Gasteiger partial charge in [0.25, 0.3) is 5.69 Å². The first-order valence-electron chi connectivity index (χ1n) is 8.97. The number of nitro groups is 2. The third-order valence-electron chi connectivity index (χ3n) is 4.58. The van der Waals surface area contributed by atoms with E-state index < -0.39 is 21.5 Å². The summed E-state index contributed by atoms with van der Waals surface area (Å²) in [5.41, 5.74) is 3.37. The van der Waals surface area contributed by atoms with Gasteiger partial charge in [0.1, 0.15) is 5.69 Å². The molecule has 1 fully saturated rings. The molecule has 1 aliphatic rings. The predicted octanol–water partition coefficient (Wildman–Crippen LogP) is 4.35. The number of nitrogens with zero attached hydrogens (tertiary/aromatic N) is 3. The first-order chi connectivity index (χ1) is 14.0. The first-order valence-corrected chi connectivity index (χ1v) is 8.97. The van der Waals surface area contributed by atoms with E-state index in [1.54, 1.807) is 0 Å². The van der Waals surface area contributed by atoms with Crippen LogP contribution in [-0.4, -0.2) is 21.8 Å². The van der Waals surface area contributed by atoms with Gasteiger partial charge in [-0.25, -0.2) is 0 Å². The van der Waals surface area contributed by atoms with Gasteiger partial charge in [-0.05, 0) is 42.5 Å². The molecule has 0 radical (unpaired) electrons. The first kappa shape index (κ1) is 19.9. The number of anilines is 1. The molecule has 3 rings (SSSR count). The zero-order chi connectivity index (χ0) is 20.8. The third-order valence-corrected chi connectivity index (χ3v) is 4.58. The summed E-state index contributed by atoms with van der Waals surface area (Å²) in [5.74, 6) is -0.452. The number of nitrogens with one attached hydrogen (secondary N) is 1. The van der Waals surface area contributed by atoms with Crippen LogP contribution in [0.4, 0.5) is 17.1 Å². The number of non-ortho nitro benzene ring substituents is 1. The van der Waals surface area contributed by atoms with Crippen LogP contribution in [0.1, 0.15) is 24.8 Å². The second-order valence-electron chi connectivity index (χ2n) is 6.55. The third kappa shape index (κ3) is 4.89. The molecule has 0 unspecified atom stereocenters. The minimum Gasteiger partial charge on any atom is -0.294 e. The summed E-state index contributed by atoms with van der Waals surface area (Å²) in [7, 11) is 0. The van der Waals surface area contributed by atoms with Gasteiger partial charge in [0.2, 0.25) is 0 Å². The molecular formula is C20H18N4O5. The van der Waals surface area contributed by atoms with E-state index in [-0.39, 0.29) is 17.2 Å². The van der Waals surface area contributed by atoms with Gasteiger partial charge in [0.15, 0.2) is 5.78 Å². The van der Waals surface area contributed by atoms with E-state index in [0.29, 0.717) is 12.8 Å². The zero-order valence-electron chi connectivity index (χ0n) is 15.4. The lowest BCUT2D eigenvalue weighted by Gasteiger charge is -2.19. The van der Waals surface area contributed by atoms with Crippen molar-refractivity contribution in [1.82, 2.24) is 0 Å². The van der Waals surface area contributed by atoms with Crippen LogP contribution in [0.15, 0.2) is 59.2 Å². The Bertz CT molecular complexity index is 1000. The summed E-state index contributed by atoms with van der Waals surface area (Å²) in [6.07, 6.45) is 5.47. The second kappa shape index (κ2) is 8.87. The fourth-order valence-corrected chi connectivity index (χ4v) is 3.12. The molecule has 9 heteroatoms. The SMILES string of the molecule is O=C1/C(=C/c2ccccc2)CCC[C@H]1/C=N\Nc1ccc([N+](=O)[O-])cc1[N+](=O)[O-]. The molecule has 1 N–H and O–H groups in total. The normalized spacial score (nSPS) is 18.1. The van der Waals surface area contributed by atoms with Gasteiger partial charge in [-0.15, -0.1) is 0 Å². The van der Waals surface area contributed by atoms with Crippen LogP contribution in [0.2, 0.25) is 0 Å². The van der Waals surface area contributed by atoms with Gasteiger partial charge in [-0.3, -0.25) is 30.4 Å².